The summed E-state index contributed by atoms with van der Waals surface area (Å²) in [6, 6.07) is 5.31. The highest BCUT2D eigenvalue weighted by Gasteiger charge is 2.51. The summed E-state index contributed by atoms with van der Waals surface area (Å²) >= 11 is 0. The van der Waals surface area contributed by atoms with Crippen LogP contribution in [0.25, 0.3) is 0 Å². The van der Waals surface area contributed by atoms with Crippen molar-refractivity contribution >= 4 is 36.4 Å². The minimum Gasteiger partial charge on any atom is -0.508 e. The van der Waals surface area contributed by atoms with Gasteiger partial charge in [0, 0.05) is 42.5 Å². The molecule has 1 saturated heterocycles. The van der Waals surface area contributed by atoms with Gasteiger partial charge in [0.05, 0.1) is 59.5 Å². The lowest BCUT2D eigenvalue weighted by Gasteiger charge is -2.44. The molecule has 2 aromatic rings. The monoisotopic (exact) mass is 680 g/mol. The first-order valence-electron chi connectivity index (χ1n) is 13.9. The molecule has 0 unspecified atom stereocenters. The van der Waals surface area contributed by atoms with Crippen molar-refractivity contribution in [2.45, 2.75) is 31.7 Å². The number of hydrogen-bond acceptors (Lipinski definition) is 14. The maximum absolute atomic E-state index is 12.5. The number of aliphatic carboxylic acids is 3. The molecule has 17 nitrogen and oxygen atoms in total. The van der Waals surface area contributed by atoms with Gasteiger partial charge in [-0.1, -0.05) is 0 Å². The van der Waals surface area contributed by atoms with Gasteiger partial charge >= 0.3 is 23.9 Å². The van der Waals surface area contributed by atoms with Gasteiger partial charge < -0.3 is 53.6 Å². The first-order chi connectivity index (χ1) is 22.8. The fourth-order valence-corrected chi connectivity index (χ4v) is 5.24. The molecule has 17 heteroatoms. The second-order valence-electron chi connectivity index (χ2n) is 10.1. The van der Waals surface area contributed by atoms with Crippen LogP contribution in [0, 0.1) is 17.8 Å². The summed E-state index contributed by atoms with van der Waals surface area (Å²) in [4.78, 5) is 69.3. The van der Waals surface area contributed by atoms with Crippen LogP contribution in [0.2, 0.25) is 0 Å². The fraction of sp³-hybridized carbons (Fsp3) is 0.419. The molecule has 1 fully saturated rings. The van der Waals surface area contributed by atoms with Gasteiger partial charge in [0.15, 0.2) is 18.7 Å². The number of phenols is 1. The van der Waals surface area contributed by atoms with Gasteiger partial charge in [0.25, 0.3) is 0 Å². The maximum Gasteiger partial charge on any atom is 0.335 e. The van der Waals surface area contributed by atoms with Crippen molar-refractivity contribution in [2.24, 2.45) is 17.8 Å². The number of benzene rings is 2. The highest BCUT2D eigenvalue weighted by Crippen LogP contribution is 2.43. The van der Waals surface area contributed by atoms with Crippen molar-refractivity contribution in [3.05, 3.63) is 35.4 Å². The molecule has 3 rings (SSSR count). The Bertz CT molecular complexity index is 1440. The van der Waals surface area contributed by atoms with Gasteiger partial charge in [0.1, 0.15) is 34.5 Å². The Kier molecular flexibility index (Phi) is 14.4. The minimum absolute atomic E-state index is 0.000648. The number of aldehydes is 2. The fourth-order valence-electron chi connectivity index (χ4n) is 5.24. The third-order valence-corrected chi connectivity index (χ3v) is 7.32. The van der Waals surface area contributed by atoms with Gasteiger partial charge in [-0.05, 0) is 5.92 Å². The number of aromatic hydroxyl groups is 1. The van der Waals surface area contributed by atoms with E-state index in [1.807, 2.05) is 0 Å². The largest absolute Gasteiger partial charge is 0.508 e. The number of carbonyl (C=O) groups excluding carboxylic acids is 3. The van der Waals surface area contributed by atoms with Crippen molar-refractivity contribution < 1.29 is 82.4 Å². The average molecular weight is 681 g/mol. The van der Waals surface area contributed by atoms with E-state index < -0.39 is 73.3 Å². The van der Waals surface area contributed by atoms with E-state index in [1.54, 1.807) is 0 Å². The zero-order chi connectivity index (χ0) is 36.1. The molecule has 2 aromatic carbocycles. The third kappa shape index (κ3) is 9.71. The Hall–Kier alpha value is -5.58. The zero-order valence-electron chi connectivity index (χ0n) is 26.6. The lowest BCUT2D eigenvalue weighted by atomic mass is 9.71. The number of phenolic OH excluding ortho intramolecular Hbond substituents is 1. The van der Waals surface area contributed by atoms with E-state index in [0.29, 0.717) is 29.6 Å². The Morgan fingerprint density at radius 3 is 1.44 bits per heavy atom. The van der Waals surface area contributed by atoms with Crippen LogP contribution < -0.4 is 23.7 Å². The summed E-state index contributed by atoms with van der Waals surface area (Å²) in [5.74, 6) is -7.75. The Balaban J connectivity index is 0.000000513. The van der Waals surface area contributed by atoms with Crippen LogP contribution >= 0.6 is 0 Å². The Morgan fingerprint density at radius 1 is 0.667 bits per heavy atom. The average Bonchev–Trinajstić information content (AvgIpc) is 3.05. The number of carboxylic acid groups (broad SMARTS) is 3. The van der Waals surface area contributed by atoms with Crippen LogP contribution in [0.5, 0.6) is 34.5 Å². The molecular weight excluding hydrogens is 644 g/mol. The SMILES string of the molecule is COC(=O)[C@H]1O[C@@H](Oc2cc(OC)c(C=O)c(OC)c2)[C@H](CC(=O)O)[C@@H](CC(=O)O)[C@@H]1CC(=O)O.COc1cc(O)cc(OC)c1C=O. The first-order valence-corrected chi connectivity index (χ1v) is 13.9. The Morgan fingerprint density at radius 2 is 1.06 bits per heavy atom. The van der Waals surface area contributed by atoms with E-state index >= 15 is 0 Å². The van der Waals surface area contributed by atoms with E-state index in [1.165, 1.54) is 52.7 Å². The van der Waals surface area contributed by atoms with E-state index in [-0.39, 0.29) is 28.6 Å². The molecule has 0 aromatic heterocycles. The van der Waals surface area contributed by atoms with Gasteiger partial charge in [0.2, 0.25) is 6.29 Å². The molecule has 262 valence electrons. The van der Waals surface area contributed by atoms with E-state index in [0.717, 1.165) is 7.11 Å². The van der Waals surface area contributed by atoms with Crippen molar-refractivity contribution in [1.82, 2.24) is 0 Å². The Labute approximate surface area is 273 Å². The second kappa shape index (κ2) is 17.9. The number of methoxy groups -OCH3 is 5. The summed E-state index contributed by atoms with van der Waals surface area (Å²) in [5.41, 5.74) is 0.370. The maximum atomic E-state index is 12.5. The highest BCUT2D eigenvalue weighted by molar-refractivity contribution is 5.85. The predicted molar refractivity (Wildman–Crippen MR) is 160 cm³/mol. The number of carboxylic acids is 3. The molecule has 0 radical (unpaired) electrons. The number of carbonyl (C=O) groups is 6. The van der Waals surface area contributed by atoms with Crippen molar-refractivity contribution in [3.8, 4) is 34.5 Å². The molecule has 0 amide bonds. The minimum atomic E-state index is -1.55. The van der Waals surface area contributed by atoms with Crippen LogP contribution in [-0.4, -0.2) is 105 Å². The number of ether oxygens (including phenoxy) is 7. The molecule has 1 aliphatic heterocycles. The quantitative estimate of drug-likeness (QED) is 0.156. The molecule has 4 N–H and O–H groups in total. The highest BCUT2D eigenvalue weighted by atomic mass is 16.7. The van der Waals surface area contributed by atoms with Crippen molar-refractivity contribution in [3.63, 3.8) is 0 Å². The molecule has 5 atom stereocenters. The molecule has 1 aliphatic rings. The summed E-state index contributed by atoms with van der Waals surface area (Å²) in [5, 5.41) is 37.5. The van der Waals surface area contributed by atoms with Crippen molar-refractivity contribution in [2.75, 3.05) is 35.5 Å². The van der Waals surface area contributed by atoms with Gasteiger partial charge in [-0.15, -0.1) is 0 Å². The predicted octanol–water partition coefficient (Wildman–Crippen LogP) is 2.29. The molecule has 0 aliphatic carbocycles. The summed E-state index contributed by atoms with van der Waals surface area (Å²) in [6.45, 7) is 0. The molecular formula is C31H36O17. The molecule has 0 bridgehead atoms. The van der Waals surface area contributed by atoms with Crippen LogP contribution in [0.15, 0.2) is 24.3 Å². The van der Waals surface area contributed by atoms with E-state index in [9.17, 15) is 49.2 Å². The number of hydrogen-bond donors (Lipinski definition) is 4. The number of rotatable bonds is 15. The first kappa shape index (κ1) is 38.6. The van der Waals surface area contributed by atoms with Crippen LogP contribution in [0.1, 0.15) is 40.0 Å². The van der Waals surface area contributed by atoms with E-state index in [2.05, 4.69) is 0 Å². The lowest BCUT2D eigenvalue weighted by Crippen LogP contribution is -2.54. The number of esters is 1. The standard InChI is InChI=1S/C22H26O13.C9H10O4/c1-31-15-4-10(5-16(32-2)14(15)9-23)34-22-13(8-19(28)29)11(6-17(24)25)12(7-18(26)27)20(35-22)21(30)33-3;1-12-8-3-6(11)4-9(13-2)7(8)5-10/h4-5,9,11-13,20,22H,6-8H2,1-3H3,(H,24,25)(H,26,27)(H,28,29);3-5,11H,1-2H3/t11-,12-,13+,20-,22+;/m0./s1. The van der Waals surface area contributed by atoms with Crippen LogP contribution in [0.4, 0.5) is 0 Å². The second-order valence-corrected chi connectivity index (χ2v) is 10.1. The van der Waals surface area contributed by atoms with Gasteiger partial charge in [-0.2, -0.15) is 0 Å². The smallest absolute Gasteiger partial charge is 0.335 e. The third-order valence-electron chi connectivity index (χ3n) is 7.32. The van der Waals surface area contributed by atoms with Gasteiger partial charge in [-0.25, -0.2) is 4.79 Å². The van der Waals surface area contributed by atoms with E-state index in [4.69, 9.17) is 33.2 Å². The van der Waals surface area contributed by atoms with Crippen LogP contribution in [0.3, 0.4) is 0 Å². The topological polar surface area (TPSA) is 248 Å². The molecule has 1 heterocycles. The summed E-state index contributed by atoms with van der Waals surface area (Å²) < 4.78 is 36.4. The van der Waals surface area contributed by atoms with Gasteiger partial charge in [-0.3, -0.25) is 24.0 Å². The molecule has 0 saturated carbocycles. The summed E-state index contributed by atoms with van der Waals surface area (Å²) in [7, 11) is 6.47. The molecule has 0 spiro atoms. The summed E-state index contributed by atoms with van der Waals surface area (Å²) in [6.07, 6.45) is -3.89. The normalized spacial score (nSPS) is 19.7. The van der Waals surface area contributed by atoms with Crippen molar-refractivity contribution in [1.29, 1.82) is 0 Å². The lowest BCUT2D eigenvalue weighted by molar-refractivity contribution is -0.233. The molecule has 48 heavy (non-hydrogen) atoms. The zero-order valence-corrected chi connectivity index (χ0v) is 26.6. The van der Waals surface area contributed by atoms with Crippen LogP contribution in [-0.2, 0) is 28.7 Å².